The first-order chi connectivity index (χ1) is 7.66. The zero-order valence-corrected chi connectivity index (χ0v) is 10.6. The number of rotatable bonds is 3. The SMILES string of the molecule is O=C(Cc1ccc(F)cc1Br)c1cccs1. The maximum absolute atomic E-state index is 12.8. The number of carbonyl (C=O) groups is 1. The van der Waals surface area contributed by atoms with E-state index >= 15 is 0 Å². The molecule has 4 heteroatoms. The Morgan fingerprint density at radius 2 is 2.19 bits per heavy atom. The fourth-order valence-corrected chi connectivity index (χ4v) is 2.52. The minimum atomic E-state index is -0.306. The Bertz CT molecular complexity index is 508. The normalized spacial score (nSPS) is 10.4. The van der Waals surface area contributed by atoms with Gasteiger partial charge in [-0.05, 0) is 29.1 Å². The second kappa shape index (κ2) is 4.89. The first-order valence-electron chi connectivity index (χ1n) is 4.67. The zero-order valence-electron chi connectivity index (χ0n) is 8.24. The Morgan fingerprint density at radius 3 is 2.81 bits per heavy atom. The Morgan fingerprint density at radius 1 is 1.38 bits per heavy atom. The molecule has 0 spiro atoms. The Kier molecular flexibility index (Phi) is 3.51. The number of thiophene rings is 1. The van der Waals surface area contributed by atoms with Gasteiger partial charge in [0.1, 0.15) is 5.82 Å². The first kappa shape index (κ1) is 11.5. The molecule has 0 aliphatic heterocycles. The number of carbonyl (C=O) groups excluding carboxylic acids is 1. The summed E-state index contributed by atoms with van der Waals surface area (Å²) in [7, 11) is 0. The van der Waals surface area contributed by atoms with Crippen LogP contribution in [0.25, 0.3) is 0 Å². The van der Waals surface area contributed by atoms with Gasteiger partial charge in [0.25, 0.3) is 0 Å². The van der Waals surface area contributed by atoms with Crippen molar-refractivity contribution in [1.82, 2.24) is 0 Å². The summed E-state index contributed by atoms with van der Waals surface area (Å²) in [4.78, 5) is 12.5. The molecule has 1 nitrogen and oxygen atoms in total. The molecule has 0 amide bonds. The highest BCUT2D eigenvalue weighted by atomic mass is 79.9. The van der Waals surface area contributed by atoms with E-state index in [4.69, 9.17) is 0 Å². The standard InChI is InChI=1S/C12H8BrFOS/c13-10-7-9(14)4-3-8(10)6-11(15)12-2-1-5-16-12/h1-5,7H,6H2. The molecule has 0 unspecified atom stereocenters. The van der Waals surface area contributed by atoms with Gasteiger partial charge in [0.2, 0.25) is 0 Å². The van der Waals surface area contributed by atoms with Crippen molar-refractivity contribution in [3.8, 4) is 0 Å². The van der Waals surface area contributed by atoms with Gasteiger partial charge in [-0.1, -0.05) is 28.1 Å². The van der Waals surface area contributed by atoms with E-state index in [1.54, 1.807) is 12.1 Å². The number of hydrogen-bond acceptors (Lipinski definition) is 2. The van der Waals surface area contributed by atoms with E-state index in [1.165, 1.54) is 23.5 Å². The molecule has 0 atom stereocenters. The summed E-state index contributed by atoms with van der Waals surface area (Å²) in [5.41, 5.74) is 0.805. The van der Waals surface area contributed by atoms with Gasteiger partial charge in [0.15, 0.2) is 5.78 Å². The third-order valence-corrected chi connectivity index (χ3v) is 3.81. The number of ketones is 1. The van der Waals surface area contributed by atoms with Crippen molar-refractivity contribution in [2.24, 2.45) is 0 Å². The highest BCUT2D eigenvalue weighted by Crippen LogP contribution is 2.21. The lowest BCUT2D eigenvalue weighted by Crippen LogP contribution is -2.01. The van der Waals surface area contributed by atoms with Gasteiger partial charge in [0.05, 0.1) is 4.88 Å². The molecule has 0 fully saturated rings. The van der Waals surface area contributed by atoms with Crippen LogP contribution in [0.5, 0.6) is 0 Å². The Hall–Kier alpha value is -1.00. The molecule has 1 heterocycles. The van der Waals surface area contributed by atoms with E-state index in [2.05, 4.69) is 15.9 Å². The maximum Gasteiger partial charge on any atom is 0.177 e. The number of halogens is 2. The summed E-state index contributed by atoms with van der Waals surface area (Å²) in [6.07, 6.45) is 0.293. The summed E-state index contributed by atoms with van der Waals surface area (Å²) >= 11 is 4.67. The van der Waals surface area contributed by atoms with Crippen molar-refractivity contribution in [1.29, 1.82) is 0 Å². The van der Waals surface area contributed by atoms with Crippen molar-refractivity contribution in [3.63, 3.8) is 0 Å². The van der Waals surface area contributed by atoms with Crippen LogP contribution in [0.2, 0.25) is 0 Å². The van der Waals surface area contributed by atoms with Crippen LogP contribution in [-0.2, 0) is 6.42 Å². The predicted octanol–water partition coefficient (Wildman–Crippen LogP) is 4.08. The largest absolute Gasteiger partial charge is 0.293 e. The molecule has 0 saturated heterocycles. The van der Waals surface area contributed by atoms with Crippen molar-refractivity contribution in [2.45, 2.75) is 6.42 Å². The molecule has 16 heavy (non-hydrogen) atoms. The fourth-order valence-electron chi connectivity index (χ4n) is 1.36. The highest BCUT2D eigenvalue weighted by Gasteiger charge is 2.10. The molecule has 0 N–H and O–H groups in total. The van der Waals surface area contributed by atoms with Crippen molar-refractivity contribution in [3.05, 3.63) is 56.4 Å². The molecular formula is C12H8BrFOS. The molecule has 0 aliphatic carbocycles. The van der Waals surface area contributed by atoms with E-state index in [9.17, 15) is 9.18 Å². The van der Waals surface area contributed by atoms with Crippen LogP contribution in [0.1, 0.15) is 15.2 Å². The monoisotopic (exact) mass is 298 g/mol. The van der Waals surface area contributed by atoms with E-state index < -0.39 is 0 Å². The predicted molar refractivity (Wildman–Crippen MR) is 66.5 cm³/mol. The summed E-state index contributed by atoms with van der Waals surface area (Å²) < 4.78 is 13.5. The third-order valence-electron chi connectivity index (χ3n) is 2.16. The summed E-state index contributed by atoms with van der Waals surface area (Å²) in [5.74, 6) is -0.249. The van der Waals surface area contributed by atoms with Crippen LogP contribution in [0.3, 0.4) is 0 Å². The fraction of sp³-hybridized carbons (Fsp3) is 0.0833. The van der Waals surface area contributed by atoms with Gasteiger partial charge in [-0.2, -0.15) is 0 Å². The van der Waals surface area contributed by atoms with Crippen LogP contribution in [0, 0.1) is 5.82 Å². The lowest BCUT2D eigenvalue weighted by atomic mass is 10.1. The Labute approximate surface area is 105 Å². The topological polar surface area (TPSA) is 17.1 Å². The van der Waals surface area contributed by atoms with E-state index in [-0.39, 0.29) is 11.6 Å². The summed E-state index contributed by atoms with van der Waals surface area (Å²) in [6, 6.07) is 8.01. The van der Waals surface area contributed by atoms with Gasteiger partial charge in [0, 0.05) is 10.9 Å². The van der Waals surface area contributed by atoms with Crippen LogP contribution in [0.4, 0.5) is 4.39 Å². The average Bonchev–Trinajstić information content (AvgIpc) is 2.75. The van der Waals surface area contributed by atoms with Crippen molar-refractivity contribution in [2.75, 3.05) is 0 Å². The number of hydrogen-bond donors (Lipinski definition) is 0. The van der Waals surface area contributed by atoms with E-state index in [0.29, 0.717) is 10.9 Å². The van der Waals surface area contributed by atoms with Crippen molar-refractivity contribution < 1.29 is 9.18 Å². The van der Waals surface area contributed by atoms with Crippen LogP contribution in [0.15, 0.2) is 40.2 Å². The average molecular weight is 299 g/mol. The molecule has 82 valence electrons. The molecule has 0 radical (unpaired) electrons. The molecular weight excluding hydrogens is 291 g/mol. The molecule has 0 saturated carbocycles. The number of benzene rings is 1. The van der Waals surface area contributed by atoms with E-state index in [0.717, 1.165) is 10.4 Å². The lowest BCUT2D eigenvalue weighted by Gasteiger charge is -2.02. The molecule has 0 bridgehead atoms. The zero-order chi connectivity index (χ0) is 11.5. The smallest absolute Gasteiger partial charge is 0.177 e. The highest BCUT2D eigenvalue weighted by molar-refractivity contribution is 9.10. The van der Waals surface area contributed by atoms with Gasteiger partial charge in [-0.15, -0.1) is 11.3 Å². The third kappa shape index (κ3) is 2.57. The molecule has 1 aromatic carbocycles. The molecule has 1 aromatic heterocycles. The molecule has 2 rings (SSSR count). The van der Waals surface area contributed by atoms with Crippen LogP contribution >= 0.6 is 27.3 Å². The minimum Gasteiger partial charge on any atom is -0.293 e. The second-order valence-electron chi connectivity index (χ2n) is 3.31. The first-order valence-corrected chi connectivity index (χ1v) is 6.35. The van der Waals surface area contributed by atoms with Gasteiger partial charge in [-0.3, -0.25) is 4.79 Å². The lowest BCUT2D eigenvalue weighted by molar-refractivity contribution is 0.0996. The van der Waals surface area contributed by atoms with Crippen LogP contribution < -0.4 is 0 Å². The quantitative estimate of drug-likeness (QED) is 0.781. The van der Waals surface area contributed by atoms with Crippen molar-refractivity contribution >= 4 is 33.0 Å². The van der Waals surface area contributed by atoms with E-state index in [1.807, 2.05) is 11.4 Å². The second-order valence-corrected chi connectivity index (χ2v) is 5.12. The van der Waals surface area contributed by atoms with Gasteiger partial charge < -0.3 is 0 Å². The molecule has 2 aromatic rings. The summed E-state index contributed by atoms with van der Waals surface area (Å²) in [5, 5.41) is 1.87. The van der Waals surface area contributed by atoms with Gasteiger partial charge in [-0.25, -0.2) is 4.39 Å². The maximum atomic E-state index is 12.8. The van der Waals surface area contributed by atoms with Crippen LogP contribution in [-0.4, -0.2) is 5.78 Å². The Balaban J connectivity index is 2.18. The number of Topliss-reactive ketones (excluding diaryl/α,β-unsaturated/α-hetero) is 1. The molecule has 0 aliphatic rings. The minimum absolute atomic E-state index is 0.0577. The summed E-state index contributed by atoms with van der Waals surface area (Å²) in [6.45, 7) is 0. The van der Waals surface area contributed by atoms with Gasteiger partial charge >= 0.3 is 0 Å².